The molecule has 9 nitrogen and oxygen atoms in total. The van der Waals surface area contributed by atoms with E-state index >= 15 is 0 Å². The van der Waals surface area contributed by atoms with Crippen molar-refractivity contribution >= 4 is 40.2 Å². The van der Waals surface area contributed by atoms with Crippen molar-refractivity contribution in [3.63, 3.8) is 0 Å². The molecule has 0 radical (unpaired) electrons. The molecule has 4 rings (SSSR count). The number of aromatic nitrogens is 6. The first-order valence-corrected chi connectivity index (χ1v) is 11.4. The first-order valence-electron chi connectivity index (χ1n) is 10.4. The highest BCUT2D eigenvalue weighted by molar-refractivity contribution is 7.99. The molecule has 33 heavy (non-hydrogen) atoms. The molecule has 0 spiro atoms. The summed E-state index contributed by atoms with van der Waals surface area (Å²) >= 11 is 1.46. The Morgan fingerprint density at radius 2 is 1.88 bits per heavy atom. The molecule has 0 saturated carbocycles. The van der Waals surface area contributed by atoms with Crippen molar-refractivity contribution < 1.29 is 9.59 Å². The van der Waals surface area contributed by atoms with E-state index < -0.39 is 0 Å². The fraction of sp³-hybridized carbons (Fsp3) is 0.217. The second kappa shape index (κ2) is 10.2. The van der Waals surface area contributed by atoms with E-state index in [9.17, 15) is 9.59 Å². The van der Waals surface area contributed by atoms with Gasteiger partial charge in [-0.25, -0.2) is 4.68 Å². The maximum atomic E-state index is 12.3. The standard InChI is InChI=1S/C23H23N7O2S/c1-3-13-29-21(15-30-20-7-5-4-6-19(20)25-28-30)26-27-23(29)33-14-12-22(32)24-18-10-8-17(9-11-18)16(2)31/h3-11H,1,12-15H2,2H3,(H,24,32). The number of carbonyl (C=O) groups excluding carboxylic acids is 2. The lowest BCUT2D eigenvalue weighted by Crippen LogP contribution is -2.13. The number of allylic oxidation sites excluding steroid dienone is 1. The van der Waals surface area contributed by atoms with Crippen molar-refractivity contribution in [1.29, 1.82) is 0 Å². The zero-order valence-corrected chi connectivity index (χ0v) is 19.0. The van der Waals surface area contributed by atoms with Crippen LogP contribution in [0.2, 0.25) is 0 Å². The van der Waals surface area contributed by atoms with Gasteiger partial charge in [0.05, 0.1) is 5.52 Å². The summed E-state index contributed by atoms with van der Waals surface area (Å²) in [5.74, 6) is 1.16. The first kappa shape index (κ1) is 22.4. The van der Waals surface area contributed by atoms with Gasteiger partial charge in [0.25, 0.3) is 0 Å². The van der Waals surface area contributed by atoms with Crippen LogP contribution in [-0.2, 0) is 17.9 Å². The largest absolute Gasteiger partial charge is 0.326 e. The molecule has 0 bridgehead atoms. The van der Waals surface area contributed by atoms with Gasteiger partial charge in [0, 0.05) is 30.0 Å². The number of nitrogens with one attached hydrogen (secondary N) is 1. The highest BCUT2D eigenvalue weighted by Crippen LogP contribution is 2.20. The van der Waals surface area contributed by atoms with Gasteiger partial charge in [0.15, 0.2) is 16.8 Å². The number of hydrogen-bond acceptors (Lipinski definition) is 7. The second-order valence-corrected chi connectivity index (χ2v) is 8.38. The van der Waals surface area contributed by atoms with Gasteiger partial charge in [-0.1, -0.05) is 35.2 Å². The molecule has 168 valence electrons. The van der Waals surface area contributed by atoms with E-state index in [-0.39, 0.29) is 11.7 Å². The number of rotatable bonds is 10. The lowest BCUT2D eigenvalue weighted by molar-refractivity contribution is -0.115. The molecule has 2 heterocycles. The van der Waals surface area contributed by atoms with Crippen LogP contribution in [0.5, 0.6) is 0 Å². The lowest BCUT2D eigenvalue weighted by atomic mass is 10.1. The average Bonchev–Trinajstić information content (AvgIpc) is 3.39. The maximum Gasteiger partial charge on any atom is 0.225 e. The van der Waals surface area contributed by atoms with Crippen LogP contribution in [0.3, 0.4) is 0 Å². The van der Waals surface area contributed by atoms with E-state index in [0.29, 0.717) is 41.7 Å². The monoisotopic (exact) mass is 461 g/mol. The number of ketones is 1. The quantitative estimate of drug-likeness (QED) is 0.218. The Kier molecular flexibility index (Phi) is 6.94. The van der Waals surface area contributed by atoms with Crippen LogP contribution in [-0.4, -0.2) is 47.2 Å². The predicted octanol–water partition coefficient (Wildman–Crippen LogP) is 3.58. The van der Waals surface area contributed by atoms with E-state index in [4.69, 9.17) is 0 Å². The van der Waals surface area contributed by atoms with E-state index in [2.05, 4.69) is 32.4 Å². The van der Waals surface area contributed by atoms with Crippen LogP contribution >= 0.6 is 11.8 Å². The maximum absolute atomic E-state index is 12.3. The molecule has 0 fully saturated rings. The van der Waals surface area contributed by atoms with Crippen molar-refractivity contribution in [2.75, 3.05) is 11.1 Å². The third-order valence-electron chi connectivity index (χ3n) is 4.95. The molecule has 4 aromatic rings. The third-order valence-corrected chi connectivity index (χ3v) is 5.92. The molecule has 0 aliphatic carbocycles. The summed E-state index contributed by atoms with van der Waals surface area (Å²) in [5.41, 5.74) is 3.02. The summed E-state index contributed by atoms with van der Waals surface area (Å²) in [4.78, 5) is 23.7. The number of thioether (sulfide) groups is 1. The molecule has 0 atom stereocenters. The van der Waals surface area contributed by atoms with Gasteiger partial charge < -0.3 is 9.88 Å². The average molecular weight is 462 g/mol. The lowest BCUT2D eigenvalue weighted by Gasteiger charge is -2.08. The molecular formula is C23H23N7O2S. The second-order valence-electron chi connectivity index (χ2n) is 7.31. The molecule has 1 amide bonds. The van der Waals surface area contributed by atoms with Gasteiger partial charge in [-0.3, -0.25) is 9.59 Å². The number of amides is 1. The van der Waals surface area contributed by atoms with Gasteiger partial charge in [0.2, 0.25) is 5.91 Å². The van der Waals surface area contributed by atoms with Crippen LogP contribution in [0.4, 0.5) is 5.69 Å². The Balaban J connectivity index is 1.37. The number of anilines is 1. The van der Waals surface area contributed by atoms with E-state index in [0.717, 1.165) is 16.9 Å². The van der Waals surface area contributed by atoms with Crippen molar-refractivity contribution in [1.82, 2.24) is 29.8 Å². The summed E-state index contributed by atoms with van der Waals surface area (Å²) in [6, 6.07) is 14.6. The van der Waals surface area contributed by atoms with E-state index in [1.54, 1.807) is 35.0 Å². The fourth-order valence-corrected chi connectivity index (χ4v) is 4.17. The third kappa shape index (κ3) is 5.35. The number of nitrogens with zero attached hydrogens (tertiary/aromatic N) is 6. The van der Waals surface area contributed by atoms with Crippen molar-refractivity contribution in [3.05, 3.63) is 72.6 Å². The number of para-hydroxylation sites is 1. The first-order chi connectivity index (χ1) is 16.0. The Labute approximate surface area is 194 Å². The zero-order chi connectivity index (χ0) is 23.2. The molecule has 2 aromatic heterocycles. The Morgan fingerprint density at radius 1 is 1.09 bits per heavy atom. The van der Waals surface area contributed by atoms with Crippen LogP contribution in [0, 0.1) is 0 Å². The molecule has 1 N–H and O–H groups in total. The SMILES string of the molecule is C=CCn1c(Cn2nnc3ccccc32)nnc1SCCC(=O)Nc1ccc(C(C)=O)cc1. The number of hydrogen-bond donors (Lipinski definition) is 1. The molecule has 0 unspecified atom stereocenters. The number of fused-ring (bicyclic) bond motifs is 1. The minimum atomic E-state index is -0.109. The Hall–Kier alpha value is -3.79. The van der Waals surface area contributed by atoms with Crippen LogP contribution in [0.25, 0.3) is 11.0 Å². The highest BCUT2D eigenvalue weighted by Gasteiger charge is 2.15. The van der Waals surface area contributed by atoms with Crippen molar-refractivity contribution in [2.24, 2.45) is 0 Å². The minimum absolute atomic E-state index is 0.00992. The highest BCUT2D eigenvalue weighted by atomic mass is 32.2. The van der Waals surface area contributed by atoms with Gasteiger partial charge in [0.1, 0.15) is 12.1 Å². The summed E-state index contributed by atoms with van der Waals surface area (Å²) < 4.78 is 3.75. The molecule has 0 aliphatic rings. The van der Waals surface area contributed by atoms with E-state index in [1.807, 2.05) is 28.8 Å². The van der Waals surface area contributed by atoms with E-state index in [1.165, 1.54) is 18.7 Å². The number of benzene rings is 2. The van der Waals surface area contributed by atoms with Crippen molar-refractivity contribution in [2.45, 2.75) is 31.6 Å². The molecule has 0 aliphatic heterocycles. The summed E-state index contributed by atoms with van der Waals surface area (Å²) in [6.07, 6.45) is 2.09. The van der Waals surface area contributed by atoms with Gasteiger partial charge >= 0.3 is 0 Å². The summed E-state index contributed by atoms with van der Waals surface area (Å²) in [7, 11) is 0. The normalized spacial score (nSPS) is 10.9. The topological polar surface area (TPSA) is 108 Å². The summed E-state index contributed by atoms with van der Waals surface area (Å²) in [5, 5.41) is 20.6. The van der Waals surface area contributed by atoms with Crippen LogP contribution in [0.1, 0.15) is 29.5 Å². The molecule has 10 heteroatoms. The van der Waals surface area contributed by atoms with Gasteiger partial charge in [-0.2, -0.15) is 0 Å². The zero-order valence-electron chi connectivity index (χ0n) is 18.1. The summed E-state index contributed by atoms with van der Waals surface area (Å²) in [6.45, 7) is 6.32. The molecular weight excluding hydrogens is 438 g/mol. The molecule has 2 aromatic carbocycles. The number of carbonyl (C=O) groups is 2. The van der Waals surface area contributed by atoms with Crippen molar-refractivity contribution in [3.8, 4) is 0 Å². The van der Waals surface area contributed by atoms with Crippen LogP contribution < -0.4 is 5.32 Å². The van der Waals surface area contributed by atoms with Crippen LogP contribution in [0.15, 0.2) is 66.3 Å². The smallest absolute Gasteiger partial charge is 0.225 e. The number of Topliss-reactive ketones (excluding diaryl/α,β-unsaturated/α-hetero) is 1. The van der Waals surface area contributed by atoms with Gasteiger partial charge in [-0.05, 0) is 43.3 Å². The predicted molar refractivity (Wildman–Crippen MR) is 127 cm³/mol. The fourth-order valence-electron chi connectivity index (χ4n) is 3.27. The minimum Gasteiger partial charge on any atom is -0.326 e. The van der Waals surface area contributed by atoms with Gasteiger partial charge in [-0.15, -0.1) is 21.9 Å². The molecule has 0 saturated heterocycles. The Morgan fingerprint density at radius 3 is 2.64 bits per heavy atom. The Bertz CT molecular complexity index is 1290.